The van der Waals surface area contributed by atoms with Gasteiger partial charge in [0.2, 0.25) is 0 Å². The first kappa shape index (κ1) is 23.5. The Morgan fingerprint density at radius 2 is 1.61 bits per heavy atom. The van der Waals surface area contributed by atoms with Crippen LogP contribution in [-0.4, -0.2) is 30.5 Å². The largest absolute Gasteiger partial charge is 0.465 e. The lowest BCUT2D eigenvalue weighted by Gasteiger charge is -2.44. The van der Waals surface area contributed by atoms with Gasteiger partial charge in [0.05, 0.1) is 12.7 Å². The van der Waals surface area contributed by atoms with E-state index in [0.717, 1.165) is 22.2 Å². The fourth-order valence-electron chi connectivity index (χ4n) is 5.57. The van der Waals surface area contributed by atoms with Gasteiger partial charge in [0.25, 0.3) is 0 Å². The molecular weight excluding hydrogens is 424 g/mol. The third-order valence-electron chi connectivity index (χ3n) is 6.72. The summed E-state index contributed by atoms with van der Waals surface area (Å²) in [5.74, 6) is -0.355. The van der Waals surface area contributed by atoms with E-state index in [2.05, 4.69) is 58.0 Å². The minimum Gasteiger partial charge on any atom is -0.465 e. The van der Waals surface area contributed by atoms with Crippen LogP contribution in [0, 0.1) is 0 Å². The van der Waals surface area contributed by atoms with Crippen LogP contribution in [0.25, 0.3) is 11.0 Å². The monoisotopic (exact) mass is 456 g/mol. The van der Waals surface area contributed by atoms with Crippen LogP contribution in [-0.2, 0) is 11.2 Å². The summed E-state index contributed by atoms with van der Waals surface area (Å²) in [5, 5.41) is 1.72. The summed E-state index contributed by atoms with van der Waals surface area (Å²) < 4.78 is 7.55. The van der Waals surface area contributed by atoms with Gasteiger partial charge in [-0.15, -0.1) is 0 Å². The minimum absolute atomic E-state index is 0.355. The molecule has 0 aliphatic rings. The van der Waals surface area contributed by atoms with Gasteiger partial charge in [-0.05, 0) is 58.6 Å². The second-order valence-corrected chi connectivity index (χ2v) is 15.4. The molecule has 0 saturated carbocycles. The summed E-state index contributed by atoms with van der Waals surface area (Å²) in [4.78, 5) is 17.4. The summed E-state index contributed by atoms with van der Waals surface area (Å²) in [6, 6.07) is 9.90. The van der Waals surface area contributed by atoms with Crippen LogP contribution in [0.4, 0.5) is 0 Å². The Labute approximate surface area is 191 Å². The van der Waals surface area contributed by atoms with Gasteiger partial charge in [-0.3, -0.25) is 0 Å². The number of hydrogen-bond acceptors (Lipinski definition) is 3. The van der Waals surface area contributed by atoms with Crippen LogP contribution < -0.4 is 0 Å². The number of carbonyl (C=O) groups is 1. The molecule has 0 saturated heterocycles. The molecule has 0 N–H and O–H groups in total. The van der Waals surface area contributed by atoms with Gasteiger partial charge < -0.3 is 8.97 Å². The lowest BCUT2D eigenvalue weighted by Crippen LogP contribution is -2.51. The highest BCUT2D eigenvalue weighted by atomic mass is 35.5. The van der Waals surface area contributed by atoms with E-state index in [0.29, 0.717) is 33.6 Å². The standard InChI is InChI=1S/C25H33ClN2O2Si/c1-16(2)31(17(3)4,18(5)6)28-13-12-21-22(14-19-8-10-20(26)11-9-19)23(25(29)30-7)15-27-24(21)28/h8-13,15-18H,14H2,1-7H3. The Hall–Kier alpha value is -2.11. The molecular formula is C25H33ClN2O2Si. The molecule has 3 aromatic rings. The van der Waals surface area contributed by atoms with E-state index in [9.17, 15) is 4.79 Å². The van der Waals surface area contributed by atoms with Crippen molar-refractivity contribution in [3.63, 3.8) is 0 Å². The maximum absolute atomic E-state index is 12.6. The van der Waals surface area contributed by atoms with Gasteiger partial charge >= 0.3 is 5.97 Å². The summed E-state index contributed by atoms with van der Waals surface area (Å²) in [7, 11) is -0.556. The Morgan fingerprint density at radius 1 is 1.03 bits per heavy atom. The first-order chi connectivity index (χ1) is 14.6. The Balaban J connectivity index is 2.28. The van der Waals surface area contributed by atoms with Crippen molar-refractivity contribution in [1.29, 1.82) is 0 Å². The molecule has 2 aromatic heterocycles. The summed E-state index contributed by atoms with van der Waals surface area (Å²) in [5.41, 5.74) is 5.18. The number of pyridine rings is 1. The van der Waals surface area contributed by atoms with Gasteiger partial charge in [0.15, 0.2) is 8.24 Å². The maximum atomic E-state index is 12.6. The van der Waals surface area contributed by atoms with E-state index < -0.39 is 8.24 Å². The average molecular weight is 457 g/mol. The van der Waals surface area contributed by atoms with Gasteiger partial charge in [-0.25, -0.2) is 9.78 Å². The molecule has 0 spiro atoms. The molecule has 0 amide bonds. The molecule has 4 nitrogen and oxygen atoms in total. The van der Waals surface area contributed by atoms with E-state index in [1.807, 2.05) is 24.3 Å². The van der Waals surface area contributed by atoms with Crippen LogP contribution >= 0.6 is 11.6 Å². The molecule has 1 aromatic carbocycles. The number of nitrogens with zero attached hydrogens (tertiary/aromatic N) is 2. The van der Waals surface area contributed by atoms with Gasteiger partial charge in [-0.2, -0.15) is 0 Å². The average Bonchev–Trinajstić information content (AvgIpc) is 3.13. The molecule has 0 fully saturated rings. The van der Waals surface area contributed by atoms with Crippen LogP contribution in [0.1, 0.15) is 63.0 Å². The first-order valence-electron chi connectivity index (χ1n) is 11.0. The second kappa shape index (κ2) is 9.17. The number of rotatable bonds is 7. The highest BCUT2D eigenvalue weighted by Gasteiger charge is 2.46. The van der Waals surface area contributed by atoms with E-state index in [1.54, 1.807) is 6.20 Å². The normalized spacial score (nSPS) is 12.4. The smallest absolute Gasteiger partial charge is 0.339 e. The van der Waals surface area contributed by atoms with Crippen molar-refractivity contribution in [2.45, 2.75) is 64.6 Å². The maximum Gasteiger partial charge on any atom is 0.339 e. The molecule has 0 atom stereocenters. The van der Waals surface area contributed by atoms with Crippen LogP contribution in [0.2, 0.25) is 21.6 Å². The minimum atomic E-state index is -1.97. The molecule has 6 heteroatoms. The number of hydrogen-bond donors (Lipinski definition) is 0. The lowest BCUT2D eigenvalue weighted by molar-refractivity contribution is 0.0599. The van der Waals surface area contributed by atoms with E-state index >= 15 is 0 Å². The van der Waals surface area contributed by atoms with Crippen molar-refractivity contribution in [1.82, 2.24) is 9.22 Å². The molecule has 0 unspecified atom stereocenters. The van der Waals surface area contributed by atoms with Crippen molar-refractivity contribution in [3.05, 3.63) is 64.4 Å². The van der Waals surface area contributed by atoms with Crippen LogP contribution in [0.5, 0.6) is 0 Å². The van der Waals surface area contributed by atoms with Gasteiger partial charge in [-0.1, -0.05) is 65.3 Å². The molecule has 0 aliphatic carbocycles. The predicted octanol–water partition coefficient (Wildman–Crippen LogP) is 7.09. The van der Waals surface area contributed by atoms with Crippen LogP contribution in [0.15, 0.2) is 42.7 Å². The van der Waals surface area contributed by atoms with E-state index in [1.165, 1.54) is 7.11 Å². The van der Waals surface area contributed by atoms with Crippen molar-refractivity contribution in [3.8, 4) is 0 Å². The zero-order valence-corrected chi connectivity index (χ0v) is 21.3. The molecule has 0 radical (unpaired) electrons. The third kappa shape index (κ3) is 4.05. The fraction of sp³-hybridized carbons (Fsp3) is 0.440. The topological polar surface area (TPSA) is 44.1 Å². The van der Waals surface area contributed by atoms with Gasteiger partial charge in [0, 0.05) is 16.6 Å². The number of methoxy groups -OCH3 is 1. The number of fused-ring (bicyclic) bond motifs is 1. The van der Waals surface area contributed by atoms with Crippen molar-refractivity contribution in [2.75, 3.05) is 7.11 Å². The SMILES string of the molecule is COC(=O)c1cnc2c(ccn2[Si](C(C)C)(C(C)C)C(C)C)c1Cc1ccc(Cl)cc1. The second-order valence-electron chi connectivity index (χ2n) is 9.22. The third-order valence-corrected chi connectivity index (χ3v) is 13.7. The molecule has 0 bridgehead atoms. The Morgan fingerprint density at radius 3 is 2.13 bits per heavy atom. The quantitative estimate of drug-likeness (QED) is 0.281. The highest BCUT2D eigenvalue weighted by molar-refractivity contribution is 6.82. The van der Waals surface area contributed by atoms with Gasteiger partial charge in [0.1, 0.15) is 5.65 Å². The summed E-state index contributed by atoms with van der Waals surface area (Å²) >= 11 is 6.07. The van der Waals surface area contributed by atoms with Crippen molar-refractivity contribution >= 4 is 36.8 Å². The number of esters is 1. The lowest BCUT2D eigenvalue weighted by atomic mass is 9.98. The zero-order valence-electron chi connectivity index (χ0n) is 19.6. The zero-order chi connectivity index (χ0) is 22.9. The fourth-order valence-corrected chi connectivity index (χ4v) is 12.2. The van der Waals surface area contributed by atoms with Crippen molar-refractivity contribution < 1.29 is 9.53 Å². The number of ether oxygens (including phenoxy) is 1. The first-order valence-corrected chi connectivity index (χ1v) is 13.5. The van der Waals surface area contributed by atoms with E-state index in [-0.39, 0.29) is 5.97 Å². The summed E-state index contributed by atoms with van der Waals surface area (Å²) in [6.45, 7) is 14.1. The number of halogens is 1. The molecule has 31 heavy (non-hydrogen) atoms. The molecule has 3 rings (SSSR count). The van der Waals surface area contributed by atoms with Crippen molar-refractivity contribution in [2.24, 2.45) is 0 Å². The number of carbonyl (C=O) groups excluding carboxylic acids is 1. The van der Waals surface area contributed by atoms with Crippen LogP contribution in [0.3, 0.4) is 0 Å². The molecule has 2 heterocycles. The highest BCUT2D eigenvalue weighted by Crippen LogP contribution is 2.44. The Bertz CT molecular complexity index is 1050. The Kier molecular flexibility index (Phi) is 6.97. The van der Waals surface area contributed by atoms with E-state index in [4.69, 9.17) is 21.3 Å². The summed E-state index contributed by atoms with van der Waals surface area (Å²) in [6.07, 6.45) is 4.51. The molecule has 166 valence electrons. The number of benzene rings is 1. The predicted molar refractivity (Wildman–Crippen MR) is 132 cm³/mol. The number of aromatic nitrogens is 2. The molecule has 0 aliphatic heterocycles.